The predicted octanol–water partition coefficient (Wildman–Crippen LogP) is 4.55. The Morgan fingerprint density at radius 3 is 2.44 bits per heavy atom. The Bertz CT molecular complexity index is 597. The van der Waals surface area contributed by atoms with E-state index in [0.717, 1.165) is 50.9 Å². The summed E-state index contributed by atoms with van der Waals surface area (Å²) in [5, 5.41) is 6.20. The van der Waals surface area contributed by atoms with Crippen LogP contribution >= 0.6 is 0 Å². The number of carbonyl (C=O) groups is 2. The van der Waals surface area contributed by atoms with Crippen molar-refractivity contribution in [2.75, 3.05) is 18.4 Å². The second-order valence-electron chi connectivity index (χ2n) is 8.05. The Hall–Kier alpha value is -2.04. The molecule has 0 aromatic heterocycles. The first-order chi connectivity index (χ1) is 13.2. The molecule has 1 saturated heterocycles. The molecule has 1 atom stereocenters. The maximum atomic E-state index is 12.5. The fraction of sp³-hybridized carbons (Fsp3) is 0.636. The molecule has 0 bridgehead atoms. The molecule has 0 spiro atoms. The maximum absolute atomic E-state index is 12.5. The van der Waals surface area contributed by atoms with Crippen molar-refractivity contribution < 1.29 is 9.59 Å². The molecule has 3 amide bonds. The smallest absolute Gasteiger partial charge is 0.321 e. The molecule has 3 rings (SSSR count). The summed E-state index contributed by atoms with van der Waals surface area (Å²) in [5.41, 5.74) is 0.826. The number of rotatable bonds is 5. The predicted molar refractivity (Wildman–Crippen MR) is 109 cm³/mol. The lowest BCUT2D eigenvalue weighted by molar-refractivity contribution is -0.122. The van der Waals surface area contributed by atoms with Crippen LogP contribution in [0.25, 0.3) is 0 Å². The van der Waals surface area contributed by atoms with Gasteiger partial charge in [0.2, 0.25) is 5.91 Å². The van der Waals surface area contributed by atoms with E-state index < -0.39 is 0 Å². The monoisotopic (exact) mass is 371 g/mol. The highest BCUT2D eigenvalue weighted by Gasteiger charge is 2.24. The molecular formula is C22H33N3O2. The Morgan fingerprint density at radius 2 is 1.70 bits per heavy atom. The van der Waals surface area contributed by atoms with Gasteiger partial charge in [-0.3, -0.25) is 4.79 Å². The molecule has 1 aliphatic heterocycles. The molecule has 1 saturated carbocycles. The molecule has 2 N–H and O–H groups in total. The Kier molecular flexibility index (Phi) is 7.55. The fourth-order valence-corrected chi connectivity index (χ4v) is 4.27. The van der Waals surface area contributed by atoms with Crippen molar-refractivity contribution in [2.24, 2.45) is 5.92 Å². The van der Waals surface area contributed by atoms with Crippen molar-refractivity contribution in [1.29, 1.82) is 0 Å². The van der Waals surface area contributed by atoms with E-state index in [9.17, 15) is 9.59 Å². The molecule has 0 radical (unpaired) electrons. The lowest BCUT2D eigenvalue weighted by atomic mass is 9.93. The van der Waals surface area contributed by atoms with Gasteiger partial charge in [0.25, 0.3) is 0 Å². The Morgan fingerprint density at radius 1 is 0.963 bits per heavy atom. The van der Waals surface area contributed by atoms with Crippen LogP contribution in [0.3, 0.4) is 0 Å². The zero-order valence-corrected chi connectivity index (χ0v) is 16.3. The quantitative estimate of drug-likeness (QED) is 0.746. The number of para-hydroxylation sites is 1. The van der Waals surface area contributed by atoms with E-state index in [1.54, 1.807) is 0 Å². The minimum absolute atomic E-state index is 0.0335. The van der Waals surface area contributed by atoms with Crippen LogP contribution < -0.4 is 10.6 Å². The summed E-state index contributed by atoms with van der Waals surface area (Å²) in [6, 6.07) is 9.91. The third-order valence-electron chi connectivity index (χ3n) is 5.83. The number of amides is 3. The zero-order valence-electron chi connectivity index (χ0n) is 16.3. The number of benzene rings is 1. The standard InChI is InChI=1S/C22H33N3O2/c26-21(23-19-10-4-1-2-5-11-19)15-14-18-9-8-16-25(17-18)22(27)24-20-12-6-3-7-13-20/h3,6-7,12-13,18-19H,1-2,4-5,8-11,14-17H2,(H,23,26)(H,24,27). The molecule has 2 aliphatic rings. The minimum Gasteiger partial charge on any atom is -0.353 e. The van der Waals surface area contributed by atoms with Gasteiger partial charge >= 0.3 is 6.03 Å². The number of nitrogens with one attached hydrogen (secondary N) is 2. The first-order valence-electron chi connectivity index (χ1n) is 10.6. The summed E-state index contributed by atoms with van der Waals surface area (Å²) in [7, 11) is 0. The first-order valence-corrected chi connectivity index (χ1v) is 10.6. The molecule has 27 heavy (non-hydrogen) atoms. The second-order valence-corrected chi connectivity index (χ2v) is 8.05. The highest BCUT2D eigenvalue weighted by Crippen LogP contribution is 2.22. The van der Waals surface area contributed by atoms with Gasteiger partial charge in [-0.25, -0.2) is 4.79 Å². The number of carbonyl (C=O) groups excluding carboxylic acids is 2. The van der Waals surface area contributed by atoms with Crippen molar-refractivity contribution in [3.8, 4) is 0 Å². The van der Waals surface area contributed by atoms with E-state index in [-0.39, 0.29) is 11.9 Å². The van der Waals surface area contributed by atoms with E-state index in [1.807, 2.05) is 35.2 Å². The molecule has 1 heterocycles. The first kappa shape index (κ1) is 19.7. The number of urea groups is 1. The average molecular weight is 372 g/mol. The third-order valence-corrected chi connectivity index (χ3v) is 5.83. The number of piperidine rings is 1. The number of hydrogen-bond acceptors (Lipinski definition) is 2. The summed E-state index contributed by atoms with van der Waals surface area (Å²) in [6.45, 7) is 1.54. The summed E-state index contributed by atoms with van der Waals surface area (Å²) < 4.78 is 0. The zero-order chi connectivity index (χ0) is 18.9. The van der Waals surface area contributed by atoms with Gasteiger partial charge in [-0.2, -0.15) is 0 Å². The Labute approximate surface area is 162 Å². The van der Waals surface area contributed by atoms with Gasteiger partial charge in [-0.05, 0) is 50.2 Å². The SMILES string of the molecule is O=C(CCC1CCCN(C(=O)Nc2ccccc2)C1)NC1CCCCCC1. The van der Waals surface area contributed by atoms with Crippen LogP contribution in [0, 0.1) is 5.92 Å². The third kappa shape index (κ3) is 6.56. The van der Waals surface area contributed by atoms with Crippen LogP contribution in [-0.4, -0.2) is 36.0 Å². The van der Waals surface area contributed by atoms with E-state index in [2.05, 4.69) is 10.6 Å². The average Bonchev–Trinajstić information content (AvgIpc) is 2.96. The van der Waals surface area contributed by atoms with Gasteiger partial charge < -0.3 is 15.5 Å². The minimum atomic E-state index is -0.0335. The van der Waals surface area contributed by atoms with Gasteiger partial charge in [0.15, 0.2) is 0 Å². The van der Waals surface area contributed by atoms with Crippen LogP contribution in [0.1, 0.15) is 64.2 Å². The normalized spacial score (nSPS) is 21.3. The molecule has 1 aliphatic carbocycles. The number of likely N-dealkylation sites (tertiary alicyclic amines) is 1. The Balaban J connectivity index is 1.40. The van der Waals surface area contributed by atoms with Crippen molar-refractivity contribution in [1.82, 2.24) is 10.2 Å². The molecule has 2 fully saturated rings. The summed E-state index contributed by atoms with van der Waals surface area (Å²) in [6.07, 6.45) is 10.9. The van der Waals surface area contributed by atoms with Crippen LogP contribution in [0.5, 0.6) is 0 Å². The summed E-state index contributed by atoms with van der Waals surface area (Å²) >= 11 is 0. The van der Waals surface area contributed by atoms with E-state index >= 15 is 0 Å². The molecule has 5 nitrogen and oxygen atoms in total. The van der Waals surface area contributed by atoms with Crippen molar-refractivity contribution in [3.05, 3.63) is 30.3 Å². The topological polar surface area (TPSA) is 61.4 Å². The highest BCUT2D eigenvalue weighted by molar-refractivity contribution is 5.89. The van der Waals surface area contributed by atoms with E-state index in [1.165, 1.54) is 25.7 Å². The van der Waals surface area contributed by atoms with Gasteiger partial charge in [-0.1, -0.05) is 43.9 Å². The van der Waals surface area contributed by atoms with Crippen LogP contribution in [-0.2, 0) is 4.79 Å². The number of anilines is 1. The maximum Gasteiger partial charge on any atom is 0.321 e. The van der Waals surface area contributed by atoms with Crippen molar-refractivity contribution >= 4 is 17.6 Å². The van der Waals surface area contributed by atoms with Crippen molar-refractivity contribution in [3.63, 3.8) is 0 Å². The lowest BCUT2D eigenvalue weighted by Gasteiger charge is -2.32. The number of hydrogen-bond donors (Lipinski definition) is 2. The van der Waals surface area contributed by atoms with Gasteiger partial charge in [0.1, 0.15) is 0 Å². The molecule has 1 aromatic carbocycles. The molecule has 148 valence electrons. The van der Waals surface area contributed by atoms with Crippen LogP contribution in [0.15, 0.2) is 30.3 Å². The number of nitrogens with zero attached hydrogens (tertiary/aromatic N) is 1. The highest BCUT2D eigenvalue weighted by atomic mass is 16.2. The lowest BCUT2D eigenvalue weighted by Crippen LogP contribution is -2.42. The van der Waals surface area contributed by atoms with Gasteiger partial charge in [0, 0.05) is 31.2 Å². The molecule has 1 unspecified atom stereocenters. The van der Waals surface area contributed by atoms with E-state index in [4.69, 9.17) is 0 Å². The fourth-order valence-electron chi connectivity index (χ4n) is 4.27. The van der Waals surface area contributed by atoms with Gasteiger partial charge in [-0.15, -0.1) is 0 Å². The van der Waals surface area contributed by atoms with Gasteiger partial charge in [0.05, 0.1) is 0 Å². The summed E-state index contributed by atoms with van der Waals surface area (Å²) in [5.74, 6) is 0.605. The molecule has 5 heteroatoms. The van der Waals surface area contributed by atoms with Crippen LogP contribution in [0.4, 0.5) is 10.5 Å². The van der Waals surface area contributed by atoms with Crippen molar-refractivity contribution in [2.45, 2.75) is 70.3 Å². The van der Waals surface area contributed by atoms with E-state index in [0.29, 0.717) is 18.4 Å². The molecule has 1 aromatic rings. The largest absolute Gasteiger partial charge is 0.353 e. The van der Waals surface area contributed by atoms with Crippen LogP contribution in [0.2, 0.25) is 0 Å². The summed E-state index contributed by atoms with van der Waals surface area (Å²) in [4.78, 5) is 26.7. The molecular weight excluding hydrogens is 338 g/mol. The second kappa shape index (κ2) is 10.3.